The zero-order valence-corrected chi connectivity index (χ0v) is 22.1. The van der Waals surface area contributed by atoms with Crippen LogP contribution in [0.15, 0.2) is 66.9 Å². The van der Waals surface area contributed by atoms with Crippen LogP contribution in [0.3, 0.4) is 0 Å². The molecule has 37 heavy (non-hydrogen) atoms. The highest BCUT2D eigenvalue weighted by Gasteiger charge is 2.40. The molecular formula is C29H39N5O3. The number of carbonyl (C=O) groups excluding carboxylic acids is 1. The van der Waals surface area contributed by atoms with Crippen molar-refractivity contribution in [3.63, 3.8) is 0 Å². The smallest absolute Gasteiger partial charge is 0.392 e. The Labute approximate surface area is 219 Å². The second kappa shape index (κ2) is 11.9. The number of benzene rings is 2. The van der Waals surface area contributed by atoms with Gasteiger partial charge in [-0.25, -0.2) is 9.78 Å². The summed E-state index contributed by atoms with van der Waals surface area (Å²) in [4.78, 5) is 26.3. The molecule has 0 radical (unpaired) electrons. The van der Waals surface area contributed by atoms with E-state index in [1.807, 2.05) is 48.5 Å². The van der Waals surface area contributed by atoms with E-state index in [1.165, 1.54) is 0 Å². The summed E-state index contributed by atoms with van der Waals surface area (Å²) in [5.74, 6) is 0.797. The van der Waals surface area contributed by atoms with Crippen molar-refractivity contribution in [3.8, 4) is 11.3 Å². The highest BCUT2D eigenvalue weighted by atomic mass is 16.7. The molecule has 0 aliphatic carbocycles. The van der Waals surface area contributed by atoms with Crippen LogP contribution in [0.2, 0.25) is 0 Å². The normalized spacial score (nSPS) is 17.1. The van der Waals surface area contributed by atoms with E-state index in [4.69, 9.17) is 15.6 Å². The van der Waals surface area contributed by atoms with Crippen LogP contribution in [0, 0.1) is 5.41 Å². The molecule has 1 aromatic heterocycles. The van der Waals surface area contributed by atoms with Crippen LogP contribution in [0.25, 0.3) is 11.3 Å². The summed E-state index contributed by atoms with van der Waals surface area (Å²) in [7, 11) is 0. The lowest BCUT2D eigenvalue weighted by molar-refractivity contribution is -0.108. The monoisotopic (exact) mass is 505 g/mol. The number of aromatic nitrogens is 2. The molecule has 1 aliphatic heterocycles. The van der Waals surface area contributed by atoms with Crippen molar-refractivity contribution in [1.29, 1.82) is 0 Å². The summed E-state index contributed by atoms with van der Waals surface area (Å²) in [6, 6.07) is 20.0. The van der Waals surface area contributed by atoms with Crippen LogP contribution in [0.5, 0.6) is 0 Å². The number of nitrogens with two attached hydrogens (primary N) is 1. The van der Waals surface area contributed by atoms with Crippen molar-refractivity contribution >= 4 is 6.09 Å². The average Bonchev–Trinajstić information content (AvgIpc) is 3.47. The molecule has 3 N–H and O–H groups in total. The molecule has 1 fully saturated rings. The third kappa shape index (κ3) is 6.77. The molecule has 2 atom stereocenters. The van der Waals surface area contributed by atoms with Crippen LogP contribution >= 0.6 is 0 Å². The summed E-state index contributed by atoms with van der Waals surface area (Å²) < 4.78 is 2.15. The first-order chi connectivity index (χ1) is 17.8. The second-order valence-corrected chi connectivity index (χ2v) is 10.8. The maximum atomic E-state index is 13.6. The fourth-order valence-corrected chi connectivity index (χ4v) is 4.84. The van der Waals surface area contributed by atoms with Gasteiger partial charge in [-0.15, -0.1) is 5.06 Å². The van der Waals surface area contributed by atoms with Crippen LogP contribution in [0.1, 0.15) is 51.0 Å². The summed E-state index contributed by atoms with van der Waals surface area (Å²) >= 11 is 0. The van der Waals surface area contributed by atoms with Gasteiger partial charge in [0.05, 0.1) is 24.4 Å². The average molecular weight is 506 g/mol. The summed E-state index contributed by atoms with van der Waals surface area (Å²) in [6.45, 7) is 8.69. The van der Waals surface area contributed by atoms with E-state index in [0.717, 1.165) is 22.6 Å². The molecule has 198 valence electrons. The van der Waals surface area contributed by atoms with Crippen LogP contribution in [-0.4, -0.2) is 63.0 Å². The van der Waals surface area contributed by atoms with Gasteiger partial charge < -0.3 is 20.2 Å². The van der Waals surface area contributed by atoms with Crippen molar-refractivity contribution in [2.24, 2.45) is 11.1 Å². The van der Waals surface area contributed by atoms with Crippen LogP contribution in [0.4, 0.5) is 4.79 Å². The number of hydrogen-bond donors (Lipinski definition) is 2. The van der Waals surface area contributed by atoms with E-state index >= 15 is 0 Å². The summed E-state index contributed by atoms with van der Waals surface area (Å²) in [5.41, 5.74) is 8.55. The van der Waals surface area contributed by atoms with E-state index < -0.39 is 12.2 Å². The van der Waals surface area contributed by atoms with Gasteiger partial charge in [0.1, 0.15) is 5.82 Å². The number of aliphatic hydroxyl groups excluding tert-OH is 1. The zero-order valence-electron chi connectivity index (χ0n) is 22.1. The van der Waals surface area contributed by atoms with Gasteiger partial charge in [0.2, 0.25) is 0 Å². The van der Waals surface area contributed by atoms with E-state index in [-0.39, 0.29) is 11.5 Å². The van der Waals surface area contributed by atoms with Crippen molar-refractivity contribution in [3.05, 3.63) is 78.2 Å². The SMILES string of the molecule is CC(C)(C)[C@H](c1nc(-c2ccccc2)cn1Cc1ccccc1)N(CCCN)C(=O)ON1CC[C@H](O)C1. The summed E-state index contributed by atoms with van der Waals surface area (Å²) in [6.07, 6.45) is 2.36. The Bertz CT molecular complexity index is 1140. The van der Waals surface area contributed by atoms with Gasteiger partial charge in [0, 0.05) is 31.4 Å². The number of β-amino-alcohol motifs (C(OH)–C–C–N with tert-alkyl or cyclic N) is 1. The lowest BCUT2D eigenvalue weighted by Crippen LogP contribution is -2.45. The molecule has 0 unspecified atom stereocenters. The molecule has 4 rings (SSSR count). The van der Waals surface area contributed by atoms with Crippen molar-refractivity contribution in [2.45, 2.75) is 52.3 Å². The molecule has 0 bridgehead atoms. The minimum atomic E-state index is -0.484. The first-order valence-corrected chi connectivity index (χ1v) is 13.0. The second-order valence-electron chi connectivity index (χ2n) is 10.8. The largest absolute Gasteiger partial charge is 0.429 e. The van der Waals surface area contributed by atoms with E-state index in [2.05, 4.69) is 43.7 Å². The number of carbonyl (C=O) groups is 1. The Kier molecular flexibility index (Phi) is 8.63. The number of amides is 1. The van der Waals surface area contributed by atoms with Crippen LogP contribution in [-0.2, 0) is 11.4 Å². The van der Waals surface area contributed by atoms with Gasteiger partial charge >= 0.3 is 6.09 Å². The molecule has 8 nitrogen and oxygen atoms in total. The molecule has 8 heteroatoms. The lowest BCUT2D eigenvalue weighted by Gasteiger charge is -2.39. The van der Waals surface area contributed by atoms with Gasteiger partial charge in [0.15, 0.2) is 0 Å². The Morgan fingerprint density at radius 3 is 2.43 bits per heavy atom. The predicted molar refractivity (Wildman–Crippen MR) is 144 cm³/mol. The molecule has 1 amide bonds. The van der Waals surface area contributed by atoms with Crippen LogP contribution < -0.4 is 5.73 Å². The molecule has 1 saturated heterocycles. The first kappa shape index (κ1) is 26.9. The first-order valence-electron chi connectivity index (χ1n) is 13.0. The number of imidazole rings is 1. The van der Waals surface area contributed by atoms with E-state index in [1.54, 1.807) is 9.96 Å². The topological polar surface area (TPSA) is 96.9 Å². The van der Waals surface area contributed by atoms with Gasteiger partial charge in [-0.1, -0.05) is 81.4 Å². The number of rotatable bonds is 9. The highest BCUT2D eigenvalue weighted by Crippen LogP contribution is 2.39. The standard InChI is InChI=1S/C29H39N5O3/c1-29(2,3)26(34(17-10-16-30)28(36)37-33-18-15-24(35)20-33)27-31-25(23-13-8-5-9-14-23)21-32(27)19-22-11-6-4-7-12-22/h4-9,11-14,21,24,26,35H,10,15-20,30H2,1-3H3/t24-,26-/m0/s1. The maximum absolute atomic E-state index is 13.6. The quantitative estimate of drug-likeness (QED) is 0.446. The van der Waals surface area contributed by atoms with Gasteiger partial charge in [-0.05, 0) is 30.4 Å². The van der Waals surface area contributed by atoms with Gasteiger partial charge in [-0.2, -0.15) is 0 Å². The molecule has 2 aromatic carbocycles. The summed E-state index contributed by atoms with van der Waals surface area (Å²) in [5, 5.41) is 11.5. The minimum Gasteiger partial charge on any atom is -0.392 e. The Morgan fingerprint density at radius 2 is 1.84 bits per heavy atom. The number of hydroxylamine groups is 2. The third-order valence-electron chi connectivity index (χ3n) is 6.62. The Hall–Kier alpha value is -3.20. The van der Waals surface area contributed by atoms with Gasteiger partial charge in [-0.3, -0.25) is 4.90 Å². The fraction of sp³-hybridized carbons (Fsp3) is 0.448. The molecule has 2 heterocycles. The number of nitrogens with zero attached hydrogens (tertiary/aromatic N) is 4. The predicted octanol–water partition coefficient (Wildman–Crippen LogP) is 4.45. The van der Waals surface area contributed by atoms with E-state index in [0.29, 0.717) is 45.6 Å². The molecular weight excluding hydrogens is 466 g/mol. The molecule has 3 aromatic rings. The fourth-order valence-electron chi connectivity index (χ4n) is 4.84. The lowest BCUT2D eigenvalue weighted by atomic mass is 9.84. The van der Waals surface area contributed by atoms with Crippen molar-refractivity contribution in [1.82, 2.24) is 19.5 Å². The minimum absolute atomic E-state index is 0.317. The Morgan fingerprint density at radius 1 is 1.16 bits per heavy atom. The molecule has 0 saturated carbocycles. The molecule has 1 aliphatic rings. The maximum Gasteiger partial charge on any atom is 0.429 e. The zero-order chi connectivity index (χ0) is 26.4. The number of aliphatic hydroxyl groups is 1. The van der Waals surface area contributed by atoms with Gasteiger partial charge in [0.25, 0.3) is 0 Å². The third-order valence-corrected chi connectivity index (χ3v) is 6.62. The molecule has 0 spiro atoms. The Balaban J connectivity index is 1.76. The number of hydrogen-bond acceptors (Lipinski definition) is 6. The highest BCUT2D eigenvalue weighted by molar-refractivity contribution is 5.68. The van der Waals surface area contributed by atoms with Crippen molar-refractivity contribution in [2.75, 3.05) is 26.2 Å². The van der Waals surface area contributed by atoms with Crippen molar-refractivity contribution < 1.29 is 14.7 Å². The van der Waals surface area contributed by atoms with E-state index in [9.17, 15) is 9.90 Å².